The molecule has 22 nitrogen and oxygen atoms in total. The van der Waals surface area contributed by atoms with Gasteiger partial charge in [0.2, 0.25) is 6.79 Å². The lowest BCUT2D eigenvalue weighted by atomic mass is 9.71. The normalized spacial score (nSPS) is 30.9. The number of hydrogen-bond donors (Lipinski definition) is 5. The fraction of sp³-hybridized carbons (Fsp3) is 0.583. The number of urea groups is 2. The van der Waals surface area contributed by atoms with Crippen LogP contribution in [0.25, 0.3) is 0 Å². The van der Waals surface area contributed by atoms with E-state index in [4.69, 9.17) is 37.9 Å². The zero-order chi connectivity index (χ0) is 59.2. The van der Waals surface area contributed by atoms with Gasteiger partial charge in [0.05, 0.1) is 61.1 Å². The molecule has 3 aromatic carbocycles. The number of thioether (sulfide) groups is 3. The van der Waals surface area contributed by atoms with Crippen molar-refractivity contribution in [3.05, 3.63) is 62.7 Å². The van der Waals surface area contributed by atoms with Crippen LogP contribution in [0.15, 0.2) is 18.2 Å². The van der Waals surface area contributed by atoms with Gasteiger partial charge in [-0.3, -0.25) is 29.5 Å². The number of methoxy groups -OCH3 is 2. The van der Waals surface area contributed by atoms with Gasteiger partial charge in [0.25, 0.3) is 0 Å². The summed E-state index contributed by atoms with van der Waals surface area (Å²) < 4.78 is 50.3. The summed E-state index contributed by atoms with van der Waals surface area (Å²) in [6.45, 7) is 5.09. The van der Waals surface area contributed by atoms with Crippen molar-refractivity contribution in [3.63, 3.8) is 0 Å². The summed E-state index contributed by atoms with van der Waals surface area (Å²) in [6, 6.07) is 5.05. The number of fused-ring (bicyclic) bond motifs is 11. The molecule has 4 amide bonds. The first-order valence-electron chi connectivity index (χ1n) is 29.4. The zero-order valence-corrected chi connectivity index (χ0v) is 50.7. The lowest BCUT2D eigenvalue weighted by Crippen LogP contribution is -2.69. The van der Waals surface area contributed by atoms with Crippen molar-refractivity contribution in [3.8, 4) is 46.3 Å². The minimum atomic E-state index is -1.50. The van der Waals surface area contributed by atoms with E-state index in [-0.39, 0.29) is 90.1 Å². The molecule has 13 atom stereocenters. The Morgan fingerprint density at radius 1 is 0.812 bits per heavy atom. The Labute approximate surface area is 505 Å². The second-order valence-electron chi connectivity index (χ2n) is 23.8. The number of carbonyl (C=O) groups excluding carboxylic acids is 6. The van der Waals surface area contributed by atoms with Crippen LogP contribution in [0.4, 0.5) is 9.59 Å². The minimum absolute atomic E-state index is 0.0586. The summed E-state index contributed by atoms with van der Waals surface area (Å²) in [5, 5.41) is 27.2. The predicted molar refractivity (Wildman–Crippen MR) is 314 cm³/mol. The molecule has 11 aliphatic rings. The molecule has 452 valence electrons. The highest BCUT2D eigenvalue weighted by Crippen LogP contribution is 2.65. The van der Waals surface area contributed by atoms with Crippen LogP contribution >= 0.6 is 35.3 Å². The Kier molecular flexibility index (Phi) is 15.7. The molecule has 0 aliphatic carbocycles. The van der Waals surface area contributed by atoms with E-state index < -0.39 is 64.9 Å². The molecule has 4 bridgehead atoms. The molecular weight excluding hydrogens is 1150 g/mol. The molecule has 14 rings (SSSR count). The number of ether oxygens (including phenoxy) is 8. The third kappa shape index (κ3) is 10.0. The number of aryl methyl sites for hydroxylation is 1. The number of carbonyl (C=O) groups is 6. The summed E-state index contributed by atoms with van der Waals surface area (Å²) in [5.74, 6) is 1.28. The van der Waals surface area contributed by atoms with Crippen LogP contribution in [-0.4, -0.2) is 151 Å². The van der Waals surface area contributed by atoms with Crippen LogP contribution in [0.5, 0.6) is 40.2 Å². The maximum absolute atomic E-state index is 15.5. The van der Waals surface area contributed by atoms with Crippen LogP contribution in [-0.2, 0) is 42.3 Å². The number of nitriles is 1. The number of hydrogen-bond acceptors (Lipinski definition) is 21. The number of likely N-dealkylation sites (N-methyl/N-ethyl adjacent to an activating group) is 1. The predicted octanol–water partition coefficient (Wildman–Crippen LogP) is 6.19. The maximum Gasteiger partial charge on any atom is 0.331 e. The van der Waals surface area contributed by atoms with Gasteiger partial charge < -0.3 is 59.2 Å². The van der Waals surface area contributed by atoms with Crippen molar-refractivity contribution in [2.75, 3.05) is 52.7 Å². The lowest BCUT2D eigenvalue weighted by Gasteiger charge is -2.62. The zero-order valence-electron chi connectivity index (χ0n) is 48.3. The summed E-state index contributed by atoms with van der Waals surface area (Å²) in [7, 11) is 5.05. The molecule has 6 saturated heterocycles. The fourth-order valence-electron chi connectivity index (χ4n) is 15.1. The molecule has 0 aromatic heterocycles. The van der Waals surface area contributed by atoms with Crippen LogP contribution in [0, 0.1) is 25.2 Å². The quantitative estimate of drug-likeness (QED) is 0.0492. The van der Waals surface area contributed by atoms with Gasteiger partial charge in [-0.2, -0.15) is 17.0 Å². The maximum atomic E-state index is 15.5. The number of unbranched alkanes of at least 4 members (excludes halogenated alkanes) is 2. The van der Waals surface area contributed by atoms with Crippen molar-refractivity contribution in [2.24, 2.45) is 0 Å². The Hall–Kier alpha value is -6.30. The van der Waals surface area contributed by atoms with Gasteiger partial charge in [-0.05, 0) is 100 Å². The molecule has 1 spiro atoms. The van der Waals surface area contributed by atoms with Gasteiger partial charge in [0.1, 0.15) is 18.4 Å². The van der Waals surface area contributed by atoms with Crippen LogP contribution < -0.4 is 59.7 Å². The van der Waals surface area contributed by atoms with E-state index in [9.17, 15) is 29.2 Å². The van der Waals surface area contributed by atoms with Crippen LogP contribution in [0.2, 0.25) is 0 Å². The van der Waals surface area contributed by atoms with E-state index in [1.54, 1.807) is 31.0 Å². The highest BCUT2D eigenvalue weighted by Gasteiger charge is 2.62. The Bertz CT molecular complexity index is 3310. The highest BCUT2D eigenvalue weighted by molar-refractivity contribution is 8.01. The number of rotatable bonds is 15. The molecule has 6 unspecified atom stereocenters. The van der Waals surface area contributed by atoms with Crippen molar-refractivity contribution in [2.45, 2.75) is 166 Å². The monoisotopic (exact) mass is 1220 g/mol. The Morgan fingerprint density at radius 3 is 2.34 bits per heavy atom. The van der Waals surface area contributed by atoms with E-state index in [0.29, 0.717) is 82.7 Å². The summed E-state index contributed by atoms with van der Waals surface area (Å²) >= 11 is 5.06. The SMILES string of the molecule is COc1cc2c(cc1OC(=O)CCCC[C@H]1CC3NC(=O)NC3S1)CCN[C@]21CS[C@@H]2c3c(OC(C)=O)c(C)c4c(c3[C@H](COC1=O)N1C2[C@H]2c3c(cc(C)c(OC)c3OC(=O)CCCCC3SCC5NC(=O)NC53)C[C@@H]([C@@H]1C#N)N2C)OCO4. The summed E-state index contributed by atoms with van der Waals surface area (Å²) in [4.78, 5) is 85.0. The van der Waals surface area contributed by atoms with Gasteiger partial charge in [-0.1, -0.05) is 18.9 Å². The average molecular weight is 1220 g/mol. The number of esters is 4. The number of piperazine rings is 1. The third-order valence-electron chi connectivity index (χ3n) is 18.9. The van der Waals surface area contributed by atoms with Crippen molar-refractivity contribution in [1.82, 2.24) is 36.4 Å². The van der Waals surface area contributed by atoms with Crippen molar-refractivity contribution >= 4 is 71.2 Å². The fourth-order valence-corrected chi connectivity index (χ4v) is 19.9. The van der Waals surface area contributed by atoms with Gasteiger partial charge in [0, 0.05) is 82.7 Å². The Balaban J connectivity index is 0.848. The summed E-state index contributed by atoms with van der Waals surface area (Å²) in [5.41, 5.74) is 4.05. The van der Waals surface area contributed by atoms with E-state index in [1.807, 2.05) is 32.7 Å². The molecule has 5 N–H and O–H groups in total. The van der Waals surface area contributed by atoms with E-state index >= 15 is 4.79 Å². The molecular formula is C60H70N8O14S3. The molecule has 6 fully saturated rings. The highest BCUT2D eigenvalue weighted by atomic mass is 32.2. The number of nitrogens with zero attached hydrogens (tertiary/aromatic N) is 3. The largest absolute Gasteiger partial charge is 0.493 e. The second kappa shape index (κ2) is 23.1. The van der Waals surface area contributed by atoms with E-state index in [1.165, 1.54) is 25.8 Å². The first-order chi connectivity index (χ1) is 41.1. The van der Waals surface area contributed by atoms with Gasteiger partial charge in [-0.15, -0.1) is 23.5 Å². The third-order valence-corrected chi connectivity index (χ3v) is 23.4. The van der Waals surface area contributed by atoms with E-state index in [0.717, 1.165) is 60.1 Å². The molecule has 25 heteroatoms. The minimum Gasteiger partial charge on any atom is -0.493 e. The van der Waals surface area contributed by atoms with Crippen LogP contribution in [0.1, 0.15) is 127 Å². The molecule has 0 radical (unpaired) electrons. The molecule has 0 saturated carbocycles. The lowest BCUT2D eigenvalue weighted by molar-refractivity contribution is -0.157. The van der Waals surface area contributed by atoms with E-state index in [2.05, 4.69) is 48.5 Å². The van der Waals surface area contributed by atoms with Crippen molar-refractivity contribution < 1.29 is 66.7 Å². The van der Waals surface area contributed by atoms with Crippen molar-refractivity contribution in [1.29, 1.82) is 5.26 Å². The number of nitrogens with one attached hydrogen (secondary N) is 5. The molecule has 11 aliphatic heterocycles. The van der Waals surface area contributed by atoms with Crippen LogP contribution in [0.3, 0.4) is 0 Å². The topological polar surface area (TPSA) is 267 Å². The first-order valence-corrected chi connectivity index (χ1v) is 32.4. The number of benzene rings is 3. The first kappa shape index (κ1) is 57.8. The van der Waals surface area contributed by atoms with Gasteiger partial charge in [0.15, 0.2) is 40.0 Å². The summed E-state index contributed by atoms with van der Waals surface area (Å²) in [6.07, 6.45) is 6.64. The van der Waals surface area contributed by atoms with Gasteiger partial charge >= 0.3 is 35.9 Å². The molecule has 11 heterocycles. The van der Waals surface area contributed by atoms with Gasteiger partial charge in [-0.25, -0.2) is 14.4 Å². The molecule has 85 heavy (non-hydrogen) atoms. The standard InChI is InChI=1S/C60H70N8O14S3/c1-27-17-31-18-36-37(22-61)68-38-23-77-57(72)60(33-21-39(75-5)40(19-30(33)15-16-62-60)81-42(70)13-9-7-11-32-20-34-56(85-32)66-59(74)63-34)25-84-55(46-45(38)53-52(78-26-79-53)28(2)51(46)80-29(3)69)49(68)48(67(36)4)44(31)54(50(27)76-6)82-43(71)14-10-8-12-41-47-35(24-83-41)64-58(73)65-47/h17,19,21,32,34-38,41,47-49,55-56,62H,7-16,18,20,23-26H2,1-6H3,(H2,63,66,74)(H2,64,65,73)/t32-,34?,35?,36-,37-,38-,41?,47?,48+,49?,55+,56?,60+/m0/s1. The smallest absolute Gasteiger partial charge is 0.331 e. The second-order valence-corrected chi connectivity index (χ2v) is 27.6. The molecule has 3 aromatic rings. The Morgan fingerprint density at radius 2 is 1.58 bits per heavy atom. The number of amides is 4. The average Bonchev–Trinajstić information content (AvgIpc) is 1.32.